The van der Waals surface area contributed by atoms with Crippen LogP contribution in [0.2, 0.25) is 4.34 Å². The average molecular weight is 231 g/mol. The summed E-state index contributed by atoms with van der Waals surface area (Å²) in [5, 5.41) is 0. The van der Waals surface area contributed by atoms with Crippen LogP contribution in [0.1, 0.15) is 23.3 Å². The van der Waals surface area contributed by atoms with Gasteiger partial charge in [-0.05, 0) is 37.6 Å². The lowest BCUT2D eigenvalue weighted by Crippen LogP contribution is -2.18. The molecule has 2 heterocycles. The van der Waals surface area contributed by atoms with E-state index < -0.39 is 0 Å². The molecule has 2 rings (SSSR count). The molecule has 78 valence electrons. The fourth-order valence-corrected chi connectivity index (χ4v) is 3.03. The van der Waals surface area contributed by atoms with Crippen LogP contribution in [-0.2, 0) is 13.1 Å². The molecule has 1 fully saturated rings. The minimum absolute atomic E-state index is 0.602. The van der Waals surface area contributed by atoms with Crippen LogP contribution in [0.4, 0.5) is 0 Å². The highest BCUT2D eigenvalue weighted by Gasteiger charge is 2.14. The third-order valence-electron chi connectivity index (χ3n) is 2.60. The Morgan fingerprint density at radius 1 is 1.43 bits per heavy atom. The van der Waals surface area contributed by atoms with E-state index in [9.17, 15) is 0 Å². The highest BCUT2D eigenvalue weighted by molar-refractivity contribution is 7.16. The van der Waals surface area contributed by atoms with Gasteiger partial charge in [-0.2, -0.15) is 0 Å². The normalized spacial score (nSPS) is 17.9. The van der Waals surface area contributed by atoms with Gasteiger partial charge in [-0.25, -0.2) is 0 Å². The van der Waals surface area contributed by atoms with Crippen molar-refractivity contribution in [3.63, 3.8) is 0 Å². The minimum atomic E-state index is 0.602. The highest BCUT2D eigenvalue weighted by Crippen LogP contribution is 2.29. The number of nitrogens with zero attached hydrogens (tertiary/aromatic N) is 1. The van der Waals surface area contributed by atoms with Crippen LogP contribution < -0.4 is 5.73 Å². The number of hydrogen-bond acceptors (Lipinski definition) is 3. The van der Waals surface area contributed by atoms with Gasteiger partial charge in [-0.3, -0.25) is 4.90 Å². The molecule has 0 amide bonds. The van der Waals surface area contributed by atoms with Crippen LogP contribution in [0, 0.1) is 0 Å². The van der Waals surface area contributed by atoms with Gasteiger partial charge in [-0.15, -0.1) is 11.3 Å². The zero-order valence-electron chi connectivity index (χ0n) is 8.13. The number of likely N-dealkylation sites (tertiary alicyclic amines) is 1. The van der Waals surface area contributed by atoms with Crippen LogP contribution in [0.15, 0.2) is 6.07 Å². The van der Waals surface area contributed by atoms with Gasteiger partial charge >= 0.3 is 0 Å². The molecule has 14 heavy (non-hydrogen) atoms. The first-order valence-corrected chi connectivity index (χ1v) is 6.18. The lowest BCUT2D eigenvalue weighted by Gasteiger charge is -2.13. The molecule has 0 atom stereocenters. The molecular formula is C10H15ClN2S. The molecule has 0 unspecified atom stereocenters. The van der Waals surface area contributed by atoms with Gasteiger partial charge in [-0.1, -0.05) is 11.6 Å². The molecule has 0 spiro atoms. The standard InChI is InChI=1S/C10H15ClN2S/c11-10-8(5-9(6-12)14-10)7-13-3-1-2-4-13/h5H,1-4,6-7,12H2. The third-order valence-corrected chi connectivity index (χ3v) is 4.06. The molecule has 1 aliphatic heterocycles. The van der Waals surface area contributed by atoms with Crippen molar-refractivity contribution in [1.82, 2.24) is 4.90 Å². The van der Waals surface area contributed by atoms with E-state index in [1.807, 2.05) is 0 Å². The molecule has 2 nitrogen and oxygen atoms in total. The van der Waals surface area contributed by atoms with Gasteiger partial charge in [0.2, 0.25) is 0 Å². The summed E-state index contributed by atoms with van der Waals surface area (Å²) in [6.07, 6.45) is 2.65. The molecule has 4 heteroatoms. The summed E-state index contributed by atoms with van der Waals surface area (Å²) in [4.78, 5) is 3.64. The van der Waals surface area contributed by atoms with E-state index in [0.29, 0.717) is 6.54 Å². The second-order valence-electron chi connectivity index (χ2n) is 3.70. The summed E-state index contributed by atoms with van der Waals surface area (Å²) in [6, 6.07) is 2.14. The molecule has 0 bridgehead atoms. The molecule has 0 aromatic carbocycles. The Bertz CT molecular complexity index is 305. The van der Waals surface area contributed by atoms with Crippen LogP contribution in [-0.4, -0.2) is 18.0 Å². The molecule has 0 saturated carbocycles. The van der Waals surface area contributed by atoms with E-state index >= 15 is 0 Å². The maximum atomic E-state index is 6.14. The van der Waals surface area contributed by atoms with Crippen LogP contribution in [0.5, 0.6) is 0 Å². The molecule has 0 aliphatic carbocycles. The molecule has 1 saturated heterocycles. The summed E-state index contributed by atoms with van der Waals surface area (Å²) in [6.45, 7) is 4.02. The zero-order valence-corrected chi connectivity index (χ0v) is 9.70. The monoisotopic (exact) mass is 230 g/mol. The van der Waals surface area contributed by atoms with Crippen molar-refractivity contribution >= 4 is 22.9 Å². The van der Waals surface area contributed by atoms with Crippen molar-refractivity contribution in [2.24, 2.45) is 5.73 Å². The topological polar surface area (TPSA) is 29.3 Å². The van der Waals surface area contributed by atoms with Crippen molar-refractivity contribution < 1.29 is 0 Å². The van der Waals surface area contributed by atoms with Crippen molar-refractivity contribution in [1.29, 1.82) is 0 Å². The summed E-state index contributed by atoms with van der Waals surface area (Å²) < 4.78 is 0.914. The molecular weight excluding hydrogens is 216 g/mol. The molecule has 1 aliphatic rings. The maximum absolute atomic E-state index is 6.14. The van der Waals surface area contributed by atoms with Crippen molar-refractivity contribution in [3.05, 3.63) is 20.8 Å². The minimum Gasteiger partial charge on any atom is -0.326 e. The Kier molecular flexibility index (Phi) is 3.44. The number of nitrogens with two attached hydrogens (primary N) is 1. The number of rotatable bonds is 3. The Morgan fingerprint density at radius 2 is 2.14 bits per heavy atom. The van der Waals surface area contributed by atoms with Crippen LogP contribution >= 0.6 is 22.9 Å². The molecule has 1 aromatic rings. The van der Waals surface area contributed by atoms with E-state index in [4.69, 9.17) is 17.3 Å². The quantitative estimate of drug-likeness (QED) is 0.865. The summed E-state index contributed by atoms with van der Waals surface area (Å²) in [5.74, 6) is 0. The first kappa shape index (κ1) is 10.4. The second-order valence-corrected chi connectivity index (χ2v) is 5.44. The van der Waals surface area contributed by atoms with E-state index in [-0.39, 0.29) is 0 Å². The Balaban J connectivity index is 2.03. The first-order chi connectivity index (χ1) is 6.79. The van der Waals surface area contributed by atoms with E-state index in [1.54, 1.807) is 11.3 Å². The predicted molar refractivity (Wildman–Crippen MR) is 61.7 cm³/mol. The Morgan fingerprint density at radius 3 is 2.71 bits per heavy atom. The van der Waals surface area contributed by atoms with Crippen molar-refractivity contribution in [3.8, 4) is 0 Å². The average Bonchev–Trinajstić information content (AvgIpc) is 2.78. The van der Waals surface area contributed by atoms with Crippen LogP contribution in [0.25, 0.3) is 0 Å². The second kappa shape index (κ2) is 4.62. The van der Waals surface area contributed by atoms with Gasteiger partial charge in [0, 0.05) is 18.0 Å². The molecule has 2 N–H and O–H groups in total. The van der Waals surface area contributed by atoms with E-state index in [1.165, 1.54) is 36.4 Å². The van der Waals surface area contributed by atoms with Crippen molar-refractivity contribution in [2.45, 2.75) is 25.9 Å². The van der Waals surface area contributed by atoms with Gasteiger partial charge < -0.3 is 5.73 Å². The lowest BCUT2D eigenvalue weighted by molar-refractivity contribution is 0.332. The van der Waals surface area contributed by atoms with Gasteiger partial charge in [0.05, 0.1) is 4.34 Å². The smallest absolute Gasteiger partial charge is 0.0976 e. The maximum Gasteiger partial charge on any atom is 0.0976 e. The molecule has 0 radical (unpaired) electrons. The number of halogens is 1. The van der Waals surface area contributed by atoms with E-state index in [0.717, 1.165) is 10.9 Å². The molecule has 1 aromatic heterocycles. The SMILES string of the molecule is NCc1cc(CN2CCCC2)c(Cl)s1. The largest absolute Gasteiger partial charge is 0.326 e. The Hall–Kier alpha value is -0.0900. The fourth-order valence-electron chi connectivity index (χ4n) is 1.85. The first-order valence-electron chi connectivity index (χ1n) is 4.99. The van der Waals surface area contributed by atoms with Crippen molar-refractivity contribution in [2.75, 3.05) is 13.1 Å². The highest BCUT2D eigenvalue weighted by atomic mass is 35.5. The Labute approximate surface area is 93.7 Å². The fraction of sp³-hybridized carbons (Fsp3) is 0.600. The number of hydrogen-bond donors (Lipinski definition) is 1. The van der Waals surface area contributed by atoms with Crippen LogP contribution in [0.3, 0.4) is 0 Å². The zero-order chi connectivity index (χ0) is 9.97. The lowest BCUT2D eigenvalue weighted by atomic mass is 10.3. The summed E-state index contributed by atoms with van der Waals surface area (Å²) in [5.41, 5.74) is 6.83. The van der Waals surface area contributed by atoms with Gasteiger partial charge in [0.1, 0.15) is 0 Å². The third kappa shape index (κ3) is 2.28. The summed E-state index contributed by atoms with van der Waals surface area (Å²) >= 11 is 7.75. The van der Waals surface area contributed by atoms with Gasteiger partial charge in [0.25, 0.3) is 0 Å². The number of thiophene rings is 1. The summed E-state index contributed by atoms with van der Waals surface area (Å²) in [7, 11) is 0. The predicted octanol–water partition coefficient (Wildman–Crippen LogP) is 2.46. The van der Waals surface area contributed by atoms with E-state index in [2.05, 4.69) is 11.0 Å². The van der Waals surface area contributed by atoms with Gasteiger partial charge in [0.15, 0.2) is 0 Å².